The molecule has 3 rings (SSSR count). The van der Waals surface area contributed by atoms with E-state index < -0.39 is 0 Å². The van der Waals surface area contributed by atoms with Crippen LogP contribution in [0.1, 0.15) is 57.1 Å². The Kier molecular flexibility index (Phi) is 7.29. The van der Waals surface area contributed by atoms with E-state index in [1.807, 2.05) is 30.3 Å². The van der Waals surface area contributed by atoms with Gasteiger partial charge in [-0.05, 0) is 34.6 Å². The first-order chi connectivity index (χ1) is 14.5. The maximum atomic E-state index is 12.8. The molecule has 0 fully saturated rings. The molecule has 0 saturated carbocycles. The van der Waals surface area contributed by atoms with E-state index in [1.165, 1.54) is 11.1 Å². The molecule has 0 radical (unpaired) electrons. The molecule has 156 valence electrons. The summed E-state index contributed by atoms with van der Waals surface area (Å²) in [4.78, 5) is 12.8. The molecule has 3 aromatic carbocycles. The molecule has 0 aliphatic heterocycles. The van der Waals surface area contributed by atoms with Crippen LogP contribution in [0.15, 0.2) is 72.8 Å². The largest absolute Gasteiger partial charge is 0.384 e. The van der Waals surface area contributed by atoms with Gasteiger partial charge in [0.1, 0.15) is 0 Å². The summed E-state index contributed by atoms with van der Waals surface area (Å²) in [5.74, 6) is 0.749. The Balaban J connectivity index is 1.68. The van der Waals surface area contributed by atoms with Gasteiger partial charge in [-0.1, -0.05) is 94.4 Å². The lowest BCUT2D eigenvalue weighted by atomic mass is 9.92. The highest BCUT2D eigenvalue weighted by atomic mass is 16.1. The number of nitrogens with one attached hydrogen (secondary N) is 2. The second-order valence-electron chi connectivity index (χ2n) is 8.26. The average molecular weight is 401 g/mol. The highest BCUT2D eigenvalue weighted by Gasteiger charge is 2.16. The summed E-state index contributed by atoms with van der Waals surface area (Å²) >= 11 is 0. The van der Waals surface area contributed by atoms with Gasteiger partial charge >= 0.3 is 0 Å². The van der Waals surface area contributed by atoms with Crippen LogP contribution in [0.4, 0.5) is 11.4 Å². The van der Waals surface area contributed by atoms with Gasteiger partial charge in [0.15, 0.2) is 0 Å². The first-order valence-corrected chi connectivity index (χ1v) is 10.8. The smallest absolute Gasteiger partial charge is 0.226 e. The first-order valence-electron chi connectivity index (χ1n) is 10.8. The average Bonchev–Trinajstić information content (AvgIpc) is 2.74. The molecule has 0 aliphatic carbocycles. The number of amides is 1. The Hall–Kier alpha value is -3.07. The summed E-state index contributed by atoms with van der Waals surface area (Å²) in [7, 11) is 0. The number of para-hydroxylation sites is 2. The third-order valence-corrected chi connectivity index (χ3v) is 5.32. The van der Waals surface area contributed by atoms with Gasteiger partial charge in [0.05, 0.1) is 0 Å². The predicted octanol–water partition coefficient (Wildman–Crippen LogP) is 7.04. The van der Waals surface area contributed by atoms with E-state index >= 15 is 0 Å². The lowest BCUT2D eigenvalue weighted by Gasteiger charge is -2.20. The predicted molar refractivity (Wildman–Crippen MR) is 128 cm³/mol. The van der Waals surface area contributed by atoms with Crippen LogP contribution in [0.5, 0.6) is 0 Å². The molecule has 0 atom stereocenters. The fourth-order valence-corrected chi connectivity index (χ4v) is 3.71. The topological polar surface area (TPSA) is 41.1 Å². The van der Waals surface area contributed by atoms with Crippen LogP contribution in [-0.4, -0.2) is 12.5 Å². The third-order valence-electron chi connectivity index (χ3n) is 5.32. The molecule has 3 heteroatoms. The molecule has 30 heavy (non-hydrogen) atoms. The lowest BCUT2D eigenvalue weighted by Crippen LogP contribution is -2.19. The SMILES string of the molecule is CC(C)c1cccc(C(C)C)c1NC(=O)CCNc1ccccc1-c1ccccc1. The van der Waals surface area contributed by atoms with Crippen LogP contribution >= 0.6 is 0 Å². The van der Waals surface area contributed by atoms with Gasteiger partial charge in [0, 0.05) is 29.9 Å². The van der Waals surface area contributed by atoms with E-state index in [0.717, 1.165) is 22.5 Å². The highest BCUT2D eigenvalue weighted by molar-refractivity contribution is 5.93. The molecule has 3 aromatic rings. The molecule has 3 nitrogen and oxygen atoms in total. The van der Waals surface area contributed by atoms with Crippen LogP contribution in [-0.2, 0) is 4.79 Å². The Morgan fingerprint density at radius 3 is 2.00 bits per heavy atom. The van der Waals surface area contributed by atoms with Gasteiger partial charge in [-0.3, -0.25) is 4.79 Å². The van der Waals surface area contributed by atoms with E-state index in [2.05, 4.69) is 80.8 Å². The van der Waals surface area contributed by atoms with Crippen LogP contribution in [0.25, 0.3) is 11.1 Å². The number of anilines is 2. The summed E-state index contributed by atoms with van der Waals surface area (Å²) in [6.07, 6.45) is 0.410. The van der Waals surface area contributed by atoms with Crippen molar-refractivity contribution in [3.05, 3.63) is 83.9 Å². The lowest BCUT2D eigenvalue weighted by molar-refractivity contribution is -0.115. The monoisotopic (exact) mass is 400 g/mol. The normalized spacial score (nSPS) is 11.0. The minimum Gasteiger partial charge on any atom is -0.384 e. The van der Waals surface area contributed by atoms with Crippen LogP contribution in [0.3, 0.4) is 0 Å². The van der Waals surface area contributed by atoms with Crippen molar-refractivity contribution >= 4 is 17.3 Å². The number of carbonyl (C=O) groups is 1. The Bertz CT molecular complexity index is 951. The molecular weight excluding hydrogens is 368 g/mol. The molecule has 0 spiro atoms. The number of rotatable bonds is 8. The highest BCUT2D eigenvalue weighted by Crippen LogP contribution is 2.32. The van der Waals surface area contributed by atoms with E-state index in [9.17, 15) is 4.79 Å². The first kappa shape index (κ1) is 21.6. The molecule has 0 saturated heterocycles. The Labute approximate surface area is 180 Å². The summed E-state index contributed by atoms with van der Waals surface area (Å²) in [6.45, 7) is 9.24. The van der Waals surface area contributed by atoms with Gasteiger partial charge in [-0.2, -0.15) is 0 Å². The molecule has 0 heterocycles. The van der Waals surface area contributed by atoms with Crippen LogP contribution in [0, 0.1) is 0 Å². The third kappa shape index (κ3) is 5.29. The van der Waals surface area contributed by atoms with Crippen LogP contribution in [0.2, 0.25) is 0 Å². The number of hydrogen-bond acceptors (Lipinski definition) is 2. The maximum Gasteiger partial charge on any atom is 0.226 e. The van der Waals surface area contributed by atoms with Crippen molar-refractivity contribution in [1.29, 1.82) is 0 Å². The molecule has 0 bridgehead atoms. The second-order valence-corrected chi connectivity index (χ2v) is 8.26. The van der Waals surface area contributed by atoms with E-state index in [0.29, 0.717) is 24.8 Å². The van der Waals surface area contributed by atoms with Crippen molar-refractivity contribution in [1.82, 2.24) is 0 Å². The van der Waals surface area contributed by atoms with Gasteiger partial charge in [-0.25, -0.2) is 0 Å². The fraction of sp³-hybridized carbons (Fsp3) is 0.296. The second kappa shape index (κ2) is 10.1. The molecule has 0 unspecified atom stereocenters. The molecule has 0 aliphatic rings. The summed E-state index contributed by atoms with van der Waals surface area (Å²) < 4.78 is 0. The number of carbonyl (C=O) groups excluding carboxylic acids is 1. The van der Waals surface area contributed by atoms with Gasteiger partial charge in [0.25, 0.3) is 0 Å². The van der Waals surface area contributed by atoms with Crippen molar-refractivity contribution in [2.24, 2.45) is 0 Å². The van der Waals surface area contributed by atoms with Gasteiger partial charge < -0.3 is 10.6 Å². The van der Waals surface area contributed by atoms with E-state index in [1.54, 1.807) is 0 Å². The van der Waals surface area contributed by atoms with Gasteiger partial charge in [0.2, 0.25) is 5.91 Å². The minimum absolute atomic E-state index is 0.0368. The standard InChI is InChI=1S/C27H32N2O/c1-19(2)22-14-10-15-23(20(3)4)27(22)29-26(30)17-18-28-25-16-9-8-13-24(25)21-11-6-5-7-12-21/h5-16,19-20,28H,17-18H2,1-4H3,(H,29,30). The Morgan fingerprint density at radius 1 is 0.767 bits per heavy atom. The van der Waals surface area contributed by atoms with Gasteiger partial charge in [-0.15, -0.1) is 0 Å². The van der Waals surface area contributed by atoms with Crippen molar-refractivity contribution < 1.29 is 4.79 Å². The maximum absolute atomic E-state index is 12.8. The summed E-state index contributed by atoms with van der Waals surface area (Å²) in [5.41, 5.74) is 6.72. The zero-order valence-electron chi connectivity index (χ0n) is 18.4. The quantitative estimate of drug-likeness (QED) is 0.426. The van der Waals surface area contributed by atoms with Crippen molar-refractivity contribution in [3.8, 4) is 11.1 Å². The van der Waals surface area contributed by atoms with Crippen LogP contribution < -0.4 is 10.6 Å². The summed E-state index contributed by atoms with van der Waals surface area (Å²) in [5, 5.41) is 6.64. The van der Waals surface area contributed by atoms with Crippen molar-refractivity contribution in [2.75, 3.05) is 17.2 Å². The van der Waals surface area contributed by atoms with Crippen molar-refractivity contribution in [3.63, 3.8) is 0 Å². The zero-order valence-corrected chi connectivity index (χ0v) is 18.4. The molecule has 0 aromatic heterocycles. The van der Waals surface area contributed by atoms with E-state index in [-0.39, 0.29) is 5.91 Å². The minimum atomic E-state index is 0.0368. The fourth-order valence-electron chi connectivity index (χ4n) is 3.71. The molecular formula is C27H32N2O. The van der Waals surface area contributed by atoms with Crippen molar-refractivity contribution in [2.45, 2.75) is 46.0 Å². The zero-order chi connectivity index (χ0) is 21.5. The summed E-state index contributed by atoms with van der Waals surface area (Å²) in [6, 6.07) is 24.8. The van der Waals surface area contributed by atoms with E-state index in [4.69, 9.17) is 0 Å². The number of hydrogen-bond donors (Lipinski definition) is 2. The Morgan fingerprint density at radius 2 is 1.37 bits per heavy atom. The molecule has 1 amide bonds. The number of benzene rings is 3. The molecule has 2 N–H and O–H groups in total.